The molecule has 0 bridgehead atoms. The van der Waals surface area contributed by atoms with E-state index in [4.69, 9.17) is 4.74 Å². The summed E-state index contributed by atoms with van der Waals surface area (Å²) >= 11 is 2.65. The summed E-state index contributed by atoms with van der Waals surface area (Å²) in [6, 6.07) is 0.998. The number of Topliss-reactive ketones (excluding diaryl/α,β-unsaturated/α-hetero) is 1. The van der Waals surface area contributed by atoms with Gasteiger partial charge in [0.1, 0.15) is 0 Å². The van der Waals surface area contributed by atoms with Crippen LogP contribution in [0.5, 0.6) is 0 Å². The molecule has 2 rings (SSSR count). The van der Waals surface area contributed by atoms with Crippen molar-refractivity contribution in [3.8, 4) is 0 Å². The second-order valence-corrected chi connectivity index (χ2v) is 4.68. The largest absolute Gasteiger partial charge is 0.464 e. The Labute approximate surface area is 95.1 Å². The third kappa shape index (κ3) is 1.92. The summed E-state index contributed by atoms with van der Waals surface area (Å²) in [6.45, 7) is 2.00. The first-order chi connectivity index (χ1) is 7.24. The highest BCUT2D eigenvalue weighted by Gasteiger charge is 2.35. The summed E-state index contributed by atoms with van der Waals surface area (Å²) in [7, 11) is 0. The highest BCUT2D eigenvalue weighted by Crippen LogP contribution is 2.31. The van der Waals surface area contributed by atoms with Gasteiger partial charge in [-0.1, -0.05) is 0 Å². The molecular weight excluding hydrogens is 234 g/mol. The fourth-order valence-corrected chi connectivity index (χ4v) is 3.14. The lowest BCUT2D eigenvalue weighted by Gasteiger charge is -2.19. The van der Waals surface area contributed by atoms with Crippen LogP contribution in [0.1, 0.15) is 16.6 Å². The Kier molecular flexibility index (Phi) is 3.08. The molecule has 0 saturated heterocycles. The quantitative estimate of drug-likeness (QED) is 0.484. The maximum atomic E-state index is 11.8. The molecule has 0 fully saturated rings. The molecule has 80 valence electrons. The molecule has 0 spiro atoms. The number of ketones is 1. The molecule has 1 aliphatic heterocycles. The molecule has 1 unspecified atom stereocenters. The molecule has 1 N–H and O–H groups in total. The summed E-state index contributed by atoms with van der Waals surface area (Å²) in [5, 5.41) is 1.84. The zero-order valence-corrected chi connectivity index (χ0v) is 9.61. The minimum absolute atomic E-state index is 0.197. The summed E-state index contributed by atoms with van der Waals surface area (Å²) < 4.78 is 7.61. The van der Waals surface area contributed by atoms with Crippen LogP contribution in [0.4, 0.5) is 0 Å². The minimum Gasteiger partial charge on any atom is -0.464 e. The highest BCUT2D eigenvalue weighted by molar-refractivity contribution is 7.97. The lowest BCUT2D eigenvalue weighted by atomic mass is 10.1. The van der Waals surface area contributed by atoms with Crippen LogP contribution < -0.4 is 4.72 Å². The average Bonchev–Trinajstić information content (AvgIpc) is 2.67. The smallest absolute Gasteiger partial charge is 0.332 e. The van der Waals surface area contributed by atoms with Crippen molar-refractivity contribution in [3.05, 3.63) is 16.3 Å². The molecule has 4 nitrogen and oxygen atoms in total. The van der Waals surface area contributed by atoms with Gasteiger partial charge < -0.3 is 4.74 Å². The van der Waals surface area contributed by atoms with E-state index < -0.39 is 12.0 Å². The van der Waals surface area contributed by atoms with Gasteiger partial charge in [-0.2, -0.15) is 0 Å². The van der Waals surface area contributed by atoms with E-state index in [0.29, 0.717) is 4.88 Å². The molecule has 6 heteroatoms. The molecule has 0 saturated carbocycles. The van der Waals surface area contributed by atoms with Gasteiger partial charge in [0.15, 0.2) is 6.04 Å². The highest BCUT2D eigenvalue weighted by atomic mass is 32.2. The van der Waals surface area contributed by atoms with Crippen LogP contribution in [0, 0.1) is 0 Å². The third-order valence-electron chi connectivity index (χ3n) is 1.92. The molecule has 15 heavy (non-hydrogen) atoms. The number of hydrogen-bond acceptors (Lipinski definition) is 6. The second kappa shape index (κ2) is 4.34. The van der Waals surface area contributed by atoms with E-state index in [-0.39, 0.29) is 12.4 Å². The maximum Gasteiger partial charge on any atom is 0.332 e. The molecular formula is C9H9NO3S2. The predicted octanol–water partition coefficient (Wildman–Crippen LogP) is 1.47. The van der Waals surface area contributed by atoms with E-state index >= 15 is 0 Å². The Bertz CT molecular complexity index is 402. The Balaban J connectivity index is 2.20. The van der Waals surface area contributed by atoms with Gasteiger partial charge in [-0.15, -0.1) is 11.3 Å². The van der Waals surface area contributed by atoms with Gasteiger partial charge in [-0.25, -0.2) is 9.52 Å². The SMILES string of the molecule is CCOC(=O)C1NSc2ccsc2C1=O. The summed E-state index contributed by atoms with van der Waals surface area (Å²) in [6.07, 6.45) is 0. The van der Waals surface area contributed by atoms with Gasteiger partial charge >= 0.3 is 5.97 Å². The molecule has 0 aliphatic carbocycles. The number of carbonyl (C=O) groups excluding carboxylic acids is 2. The number of rotatable bonds is 2. The average molecular weight is 243 g/mol. The lowest BCUT2D eigenvalue weighted by Crippen LogP contribution is -2.43. The van der Waals surface area contributed by atoms with Crippen LogP contribution in [0.15, 0.2) is 16.3 Å². The zero-order valence-electron chi connectivity index (χ0n) is 7.98. The number of thiophene rings is 1. The second-order valence-electron chi connectivity index (χ2n) is 2.88. The number of ether oxygens (including phenoxy) is 1. The molecule has 0 radical (unpaired) electrons. The summed E-state index contributed by atoms with van der Waals surface area (Å²) in [4.78, 5) is 24.8. The van der Waals surface area contributed by atoms with Crippen LogP contribution >= 0.6 is 23.3 Å². The van der Waals surface area contributed by atoms with Crippen LogP contribution in [-0.2, 0) is 9.53 Å². The molecule has 1 aromatic rings. The van der Waals surface area contributed by atoms with Crippen molar-refractivity contribution >= 4 is 35.0 Å². The minimum atomic E-state index is -0.860. The van der Waals surface area contributed by atoms with Gasteiger partial charge in [0.2, 0.25) is 5.78 Å². The first kappa shape index (κ1) is 10.7. The number of fused-ring (bicyclic) bond motifs is 1. The van der Waals surface area contributed by atoms with E-state index in [9.17, 15) is 9.59 Å². The molecule has 1 atom stereocenters. The van der Waals surface area contributed by atoms with E-state index in [0.717, 1.165) is 4.90 Å². The number of hydrogen-bond donors (Lipinski definition) is 1. The van der Waals surface area contributed by atoms with Crippen molar-refractivity contribution in [3.63, 3.8) is 0 Å². The van der Waals surface area contributed by atoms with Crippen molar-refractivity contribution in [2.45, 2.75) is 17.9 Å². The van der Waals surface area contributed by atoms with Crippen molar-refractivity contribution in [2.24, 2.45) is 0 Å². The Morgan fingerprint density at radius 2 is 2.47 bits per heavy atom. The van der Waals surface area contributed by atoms with Crippen molar-refractivity contribution < 1.29 is 14.3 Å². The fraction of sp³-hybridized carbons (Fsp3) is 0.333. The Morgan fingerprint density at radius 1 is 1.67 bits per heavy atom. The Hall–Kier alpha value is -0.850. The van der Waals surface area contributed by atoms with Crippen LogP contribution in [0.2, 0.25) is 0 Å². The summed E-state index contributed by atoms with van der Waals surface area (Å²) in [5.41, 5.74) is 0. The monoisotopic (exact) mass is 243 g/mol. The third-order valence-corrected chi connectivity index (χ3v) is 3.90. The lowest BCUT2D eigenvalue weighted by molar-refractivity contribution is -0.143. The topological polar surface area (TPSA) is 55.4 Å². The molecule has 1 aromatic heterocycles. The van der Waals surface area contributed by atoms with Crippen LogP contribution in [0.25, 0.3) is 0 Å². The van der Waals surface area contributed by atoms with Gasteiger partial charge in [-0.3, -0.25) is 4.79 Å². The first-order valence-corrected chi connectivity index (χ1v) is 6.14. The van der Waals surface area contributed by atoms with Gasteiger partial charge in [-0.05, 0) is 30.3 Å². The standard InChI is InChI=1S/C9H9NO3S2/c1-2-13-9(12)6-7(11)8-5(15-10-6)3-4-14-8/h3-4,6,10H,2H2,1H3. The van der Waals surface area contributed by atoms with Gasteiger partial charge in [0.05, 0.1) is 11.5 Å². The van der Waals surface area contributed by atoms with Crippen LogP contribution in [-0.4, -0.2) is 24.4 Å². The van der Waals surface area contributed by atoms with Crippen molar-refractivity contribution in [1.82, 2.24) is 4.72 Å². The molecule has 0 amide bonds. The van der Waals surface area contributed by atoms with Crippen LogP contribution in [0.3, 0.4) is 0 Å². The Morgan fingerprint density at radius 3 is 3.20 bits per heavy atom. The van der Waals surface area contributed by atoms with E-state index in [1.54, 1.807) is 6.92 Å². The molecule has 2 heterocycles. The predicted molar refractivity (Wildman–Crippen MR) is 58.1 cm³/mol. The molecule has 0 aromatic carbocycles. The van der Waals surface area contributed by atoms with E-state index in [1.807, 2.05) is 11.4 Å². The van der Waals surface area contributed by atoms with Crippen molar-refractivity contribution in [2.75, 3.05) is 6.61 Å². The fourth-order valence-electron chi connectivity index (χ4n) is 1.25. The normalized spacial score (nSPS) is 19.8. The van der Waals surface area contributed by atoms with Gasteiger partial charge in [0, 0.05) is 4.90 Å². The number of carbonyl (C=O) groups is 2. The van der Waals surface area contributed by atoms with E-state index in [2.05, 4.69) is 4.72 Å². The first-order valence-electron chi connectivity index (χ1n) is 4.44. The zero-order chi connectivity index (χ0) is 10.8. The molecule has 1 aliphatic rings. The van der Waals surface area contributed by atoms with E-state index in [1.165, 1.54) is 23.3 Å². The number of esters is 1. The summed E-state index contributed by atoms with van der Waals surface area (Å²) in [5.74, 6) is -0.703. The maximum absolute atomic E-state index is 11.8. The number of nitrogens with one attached hydrogen (secondary N) is 1. The van der Waals surface area contributed by atoms with Crippen molar-refractivity contribution in [1.29, 1.82) is 0 Å². The van der Waals surface area contributed by atoms with Gasteiger partial charge in [0.25, 0.3) is 0 Å².